The molecule has 0 bridgehead atoms. The van der Waals surface area contributed by atoms with Gasteiger partial charge in [-0.05, 0) is 18.4 Å². The van der Waals surface area contributed by atoms with Gasteiger partial charge < -0.3 is 5.73 Å². The molecule has 13 heavy (non-hydrogen) atoms. The Kier molecular flexibility index (Phi) is 2.89. The summed E-state index contributed by atoms with van der Waals surface area (Å²) in [4.78, 5) is 0. The van der Waals surface area contributed by atoms with Crippen LogP contribution in [0.1, 0.15) is 19.4 Å². The van der Waals surface area contributed by atoms with Crippen molar-refractivity contribution in [1.29, 1.82) is 0 Å². The van der Waals surface area contributed by atoms with Crippen LogP contribution in [-0.2, 0) is 5.54 Å². The van der Waals surface area contributed by atoms with E-state index in [1.165, 1.54) is 0 Å². The quantitative estimate of drug-likeness (QED) is 0.702. The van der Waals surface area contributed by atoms with Crippen molar-refractivity contribution in [2.45, 2.75) is 19.4 Å². The molecule has 0 aliphatic rings. The highest BCUT2D eigenvalue weighted by molar-refractivity contribution is 5.24. The number of nitrogens with two attached hydrogens (primary N) is 1. The maximum absolute atomic E-state index is 6.22. The topological polar surface area (TPSA) is 26.0 Å². The van der Waals surface area contributed by atoms with Gasteiger partial charge in [0.15, 0.2) is 0 Å². The van der Waals surface area contributed by atoms with Gasteiger partial charge in [-0.15, -0.1) is 6.58 Å². The fourth-order valence-corrected chi connectivity index (χ4v) is 1.30. The average Bonchev–Trinajstić information content (AvgIpc) is 2.18. The van der Waals surface area contributed by atoms with Crippen LogP contribution in [-0.4, -0.2) is 0 Å². The zero-order chi connectivity index (χ0) is 9.90. The molecule has 0 saturated carbocycles. The maximum atomic E-state index is 6.22. The molecule has 2 N–H and O–H groups in total. The second-order valence-electron chi connectivity index (χ2n) is 3.67. The fourth-order valence-electron chi connectivity index (χ4n) is 1.30. The highest BCUT2D eigenvalue weighted by atomic mass is 14.7. The van der Waals surface area contributed by atoms with Gasteiger partial charge in [-0.2, -0.15) is 0 Å². The lowest BCUT2D eigenvalue weighted by Crippen LogP contribution is -2.38. The number of benzene rings is 1. The summed E-state index contributed by atoms with van der Waals surface area (Å²) in [5.74, 6) is 0.273. The molecule has 0 saturated heterocycles. The first-order valence-corrected chi connectivity index (χ1v) is 4.56. The smallest absolute Gasteiger partial charge is 0.0441 e. The van der Waals surface area contributed by atoms with Gasteiger partial charge in [-0.25, -0.2) is 0 Å². The van der Waals surface area contributed by atoms with E-state index < -0.39 is 0 Å². The molecule has 1 aromatic rings. The Morgan fingerprint density at radius 2 is 1.92 bits per heavy atom. The highest BCUT2D eigenvalue weighted by Crippen LogP contribution is 2.26. The SMILES string of the molecule is C=CC(C)C(C)(N)c1ccccc1. The van der Waals surface area contributed by atoms with Crippen LogP contribution in [0.2, 0.25) is 0 Å². The molecular weight excluding hydrogens is 158 g/mol. The first-order chi connectivity index (χ1) is 6.09. The van der Waals surface area contributed by atoms with Crippen molar-refractivity contribution >= 4 is 0 Å². The third kappa shape index (κ3) is 1.99. The largest absolute Gasteiger partial charge is 0.321 e. The van der Waals surface area contributed by atoms with Gasteiger partial charge in [0.1, 0.15) is 0 Å². The predicted molar refractivity (Wildman–Crippen MR) is 57.3 cm³/mol. The summed E-state index contributed by atoms with van der Waals surface area (Å²) >= 11 is 0. The summed E-state index contributed by atoms with van der Waals surface area (Å²) in [5, 5.41) is 0. The van der Waals surface area contributed by atoms with E-state index in [2.05, 4.69) is 25.6 Å². The van der Waals surface area contributed by atoms with Gasteiger partial charge in [0.25, 0.3) is 0 Å². The van der Waals surface area contributed by atoms with Crippen molar-refractivity contribution in [1.82, 2.24) is 0 Å². The Balaban J connectivity index is 3.00. The molecule has 0 aliphatic heterocycles. The summed E-state index contributed by atoms with van der Waals surface area (Å²) in [6.07, 6.45) is 1.90. The van der Waals surface area contributed by atoms with Crippen molar-refractivity contribution in [2.75, 3.05) is 0 Å². The van der Waals surface area contributed by atoms with Crippen molar-refractivity contribution in [3.63, 3.8) is 0 Å². The van der Waals surface area contributed by atoms with E-state index in [0.29, 0.717) is 0 Å². The van der Waals surface area contributed by atoms with E-state index in [1.54, 1.807) is 0 Å². The summed E-state index contributed by atoms with van der Waals surface area (Å²) in [6.45, 7) is 7.89. The van der Waals surface area contributed by atoms with Crippen LogP contribution in [0.4, 0.5) is 0 Å². The van der Waals surface area contributed by atoms with E-state index in [-0.39, 0.29) is 11.5 Å². The Bertz CT molecular complexity index is 274. The lowest BCUT2D eigenvalue weighted by atomic mass is 9.82. The van der Waals surface area contributed by atoms with Gasteiger partial charge >= 0.3 is 0 Å². The van der Waals surface area contributed by atoms with Gasteiger partial charge in [0, 0.05) is 5.54 Å². The Morgan fingerprint density at radius 1 is 1.38 bits per heavy atom. The average molecular weight is 175 g/mol. The Morgan fingerprint density at radius 3 is 2.38 bits per heavy atom. The van der Waals surface area contributed by atoms with Gasteiger partial charge in [0.2, 0.25) is 0 Å². The lowest BCUT2D eigenvalue weighted by Gasteiger charge is -2.30. The van der Waals surface area contributed by atoms with E-state index in [1.807, 2.05) is 31.2 Å². The van der Waals surface area contributed by atoms with Crippen LogP contribution in [0.3, 0.4) is 0 Å². The third-order valence-electron chi connectivity index (χ3n) is 2.70. The van der Waals surface area contributed by atoms with Crippen LogP contribution < -0.4 is 5.73 Å². The molecule has 1 aromatic carbocycles. The lowest BCUT2D eigenvalue weighted by molar-refractivity contribution is 0.386. The van der Waals surface area contributed by atoms with Gasteiger partial charge in [-0.1, -0.05) is 43.3 Å². The first-order valence-electron chi connectivity index (χ1n) is 4.56. The molecule has 0 aliphatic carbocycles. The molecule has 0 aromatic heterocycles. The highest BCUT2D eigenvalue weighted by Gasteiger charge is 2.25. The molecule has 0 heterocycles. The van der Waals surface area contributed by atoms with Crippen LogP contribution in [0, 0.1) is 5.92 Å². The monoisotopic (exact) mass is 175 g/mol. The van der Waals surface area contributed by atoms with E-state index in [0.717, 1.165) is 5.56 Å². The molecule has 2 unspecified atom stereocenters. The van der Waals surface area contributed by atoms with Crippen LogP contribution >= 0.6 is 0 Å². The second kappa shape index (κ2) is 3.75. The Labute approximate surface area is 80.3 Å². The molecule has 0 radical (unpaired) electrons. The van der Waals surface area contributed by atoms with Crippen molar-refractivity contribution in [3.8, 4) is 0 Å². The van der Waals surface area contributed by atoms with E-state index in [4.69, 9.17) is 5.73 Å². The third-order valence-corrected chi connectivity index (χ3v) is 2.70. The number of hydrogen-bond donors (Lipinski definition) is 1. The molecule has 0 fully saturated rings. The zero-order valence-electron chi connectivity index (χ0n) is 8.33. The van der Waals surface area contributed by atoms with E-state index >= 15 is 0 Å². The predicted octanol–water partition coefficient (Wildman–Crippen LogP) is 2.68. The molecule has 1 heteroatoms. The minimum atomic E-state index is -0.316. The first kappa shape index (κ1) is 10.0. The Hall–Kier alpha value is -1.08. The molecule has 70 valence electrons. The molecule has 1 rings (SSSR count). The van der Waals surface area contributed by atoms with Crippen molar-refractivity contribution in [3.05, 3.63) is 48.6 Å². The normalized spacial score (nSPS) is 17.5. The van der Waals surface area contributed by atoms with Crippen molar-refractivity contribution in [2.24, 2.45) is 11.7 Å². The summed E-state index contributed by atoms with van der Waals surface area (Å²) in [6, 6.07) is 10.1. The summed E-state index contributed by atoms with van der Waals surface area (Å²) in [7, 11) is 0. The molecular formula is C12H17N. The maximum Gasteiger partial charge on any atom is 0.0441 e. The second-order valence-corrected chi connectivity index (χ2v) is 3.67. The minimum absolute atomic E-state index is 0.273. The fraction of sp³-hybridized carbons (Fsp3) is 0.333. The van der Waals surface area contributed by atoms with Gasteiger partial charge in [-0.3, -0.25) is 0 Å². The summed E-state index contributed by atoms with van der Waals surface area (Å²) < 4.78 is 0. The molecule has 2 atom stereocenters. The zero-order valence-corrected chi connectivity index (χ0v) is 8.33. The molecule has 1 nitrogen and oxygen atoms in total. The summed E-state index contributed by atoms with van der Waals surface area (Å²) in [5.41, 5.74) is 7.06. The van der Waals surface area contributed by atoms with Gasteiger partial charge in [0.05, 0.1) is 0 Å². The van der Waals surface area contributed by atoms with E-state index in [9.17, 15) is 0 Å². The van der Waals surface area contributed by atoms with Crippen LogP contribution in [0.5, 0.6) is 0 Å². The van der Waals surface area contributed by atoms with Crippen LogP contribution in [0.15, 0.2) is 43.0 Å². The molecule has 0 amide bonds. The number of rotatable bonds is 3. The number of hydrogen-bond acceptors (Lipinski definition) is 1. The minimum Gasteiger partial charge on any atom is -0.321 e. The standard InChI is InChI=1S/C12H17N/c1-4-10(2)12(3,13)11-8-6-5-7-9-11/h4-10H,1,13H2,2-3H3. The molecule has 0 spiro atoms. The van der Waals surface area contributed by atoms with Crippen LogP contribution in [0.25, 0.3) is 0 Å². The van der Waals surface area contributed by atoms with Crippen molar-refractivity contribution < 1.29 is 0 Å².